The number of aliphatic hydroxyl groups excluding tert-OH is 6. The number of aliphatic hydroxyl groups is 6. The van der Waals surface area contributed by atoms with Crippen LogP contribution in [0.2, 0.25) is 0 Å². The number of ether oxygens (including phenoxy) is 2. The molecule has 3 rings (SSSR count). The van der Waals surface area contributed by atoms with Crippen LogP contribution in [0.3, 0.4) is 0 Å². The van der Waals surface area contributed by atoms with Crippen LogP contribution in [-0.2, 0) is 32.0 Å². The number of phosphoric ester groups is 2. The molecule has 0 aromatic carbocycles. The van der Waals surface area contributed by atoms with Crippen molar-refractivity contribution in [1.29, 1.82) is 0 Å². The van der Waals surface area contributed by atoms with Crippen LogP contribution in [0.1, 0.15) is 6.23 Å². The minimum absolute atomic E-state index is 0.681. The van der Waals surface area contributed by atoms with Gasteiger partial charge in [-0.1, -0.05) is 0 Å². The summed E-state index contributed by atoms with van der Waals surface area (Å²) in [6, 6.07) is 0.910. The molecule has 21 heteroatoms. The Kier molecular flexibility index (Phi) is 8.58. The third kappa shape index (κ3) is 6.29. The Balaban J connectivity index is 1.63. The quantitative estimate of drug-likeness (QED) is 0.130. The molecular weight excluding hydrogens is 542 g/mol. The van der Waals surface area contributed by atoms with Crippen molar-refractivity contribution in [3.63, 3.8) is 0 Å². The lowest BCUT2D eigenvalue weighted by atomic mass is 10.00. The summed E-state index contributed by atoms with van der Waals surface area (Å²) in [5, 5.41) is 58.4. The Hall–Kier alpha value is -1.96. The topological polar surface area (TPSA) is 297 Å². The predicted octanol–water partition coefficient (Wildman–Crippen LogP) is -3.75. The Bertz CT molecular complexity index is 1190. The zero-order valence-corrected chi connectivity index (χ0v) is 19.5. The molecule has 1 aromatic heterocycles. The second-order valence-corrected chi connectivity index (χ2v) is 10.4. The average molecular weight is 564 g/mol. The summed E-state index contributed by atoms with van der Waals surface area (Å²) in [6.07, 6.45) is -12.3. The van der Waals surface area contributed by atoms with Gasteiger partial charge >= 0.3 is 21.3 Å². The van der Waals surface area contributed by atoms with Gasteiger partial charge in [0.05, 0.1) is 6.61 Å². The fourth-order valence-electron chi connectivity index (χ4n) is 3.11. The molecule has 0 radical (unpaired) electrons. The Morgan fingerprint density at radius 2 is 1.72 bits per heavy atom. The highest BCUT2D eigenvalue weighted by atomic mass is 31.3. The third-order valence-electron chi connectivity index (χ3n) is 4.87. The molecule has 6 unspecified atom stereocenters. The summed E-state index contributed by atoms with van der Waals surface area (Å²) in [6.45, 7) is -2.05. The van der Waals surface area contributed by atoms with E-state index < -0.39 is 94.7 Å². The number of aromatic amines is 1. The van der Waals surface area contributed by atoms with Crippen LogP contribution in [0.5, 0.6) is 0 Å². The average Bonchev–Trinajstić information content (AvgIpc) is 3.06. The normalized spacial score (nSPS) is 34.1. The standard InChI is InChI=1S/C15H22N2O17P2/c18-3-5-8(20)10(22)12(24)14(32-5)33-36(28,29)34-35(26,27)30-4-6-9(21)11(23)13(31-6)17-2-1-7(19)16-15(17)25/h1-2,5,8,10-14,18,20-24H,3-4H2,(H,26,27)(H,28,29)(H,16,19,25)/t5?,8-,10?,11?,12?,13+,14+/m0/s1. The van der Waals surface area contributed by atoms with E-state index in [1.165, 1.54) is 0 Å². The van der Waals surface area contributed by atoms with Gasteiger partial charge in [0, 0.05) is 12.3 Å². The van der Waals surface area contributed by atoms with Crippen LogP contribution >= 0.6 is 15.6 Å². The van der Waals surface area contributed by atoms with Crippen LogP contribution in [0, 0.1) is 0 Å². The van der Waals surface area contributed by atoms with E-state index in [4.69, 9.17) is 14.6 Å². The lowest BCUT2D eigenvalue weighted by Gasteiger charge is -2.39. The molecule has 9 N–H and O–H groups in total. The number of rotatable bonds is 9. The van der Waals surface area contributed by atoms with Crippen molar-refractivity contribution >= 4 is 15.6 Å². The molecule has 0 bridgehead atoms. The fourth-order valence-corrected chi connectivity index (χ4v) is 5.22. The Labute approximate surface area is 199 Å². The van der Waals surface area contributed by atoms with E-state index in [0.717, 1.165) is 12.3 Å². The fraction of sp³-hybridized carbons (Fsp3) is 0.600. The van der Waals surface area contributed by atoms with Gasteiger partial charge in [-0.2, -0.15) is 4.31 Å². The first-order valence-corrected chi connectivity index (χ1v) is 12.7. The highest BCUT2D eigenvalue weighted by Crippen LogP contribution is 2.61. The first-order chi connectivity index (χ1) is 16.7. The van der Waals surface area contributed by atoms with Crippen LogP contribution < -0.4 is 11.2 Å². The lowest BCUT2D eigenvalue weighted by Crippen LogP contribution is -2.58. The molecule has 0 spiro atoms. The molecule has 2 aliphatic rings. The minimum Gasteiger partial charge on any atom is -0.506 e. The second-order valence-electron chi connectivity index (χ2n) is 7.37. The van der Waals surface area contributed by atoms with Crippen LogP contribution in [0.4, 0.5) is 0 Å². The van der Waals surface area contributed by atoms with E-state index in [9.17, 15) is 54.0 Å². The maximum atomic E-state index is 12.1. The molecule has 36 heavy (non-hydrogen) atoms. The van der Waals surface area contributed by atoms with Gasteiger partial charge < -0.3 is 49.9 Å². The zero-order valence-electron chi connectivity index (χ0n) is 17.7. The van der Waals surface area contributed by atoms with Gasteiger partial charge in [0.2, 0.25) is 6.23 Å². The van der Waals surface area contributed by atoms with Gasteiger partial charge in [0.1, 0.15) is 31.0 Å². The SMILES string of the molecule is O=c1ccn([C@@H]2OC(COP(=O)(O)OP(=O)(O)O[C@H]3OC(CO)[C@H](O)C(O)C3O)=C(O)C2O)c(=O)[nH]1. The summed E-state index contributed by atoms with van der Waals surface area (Å²) >= 11 is 0. The van der Waals surface area contributed by atoms with E-state index >= 15 is 0 Å². The molecule has 1 fully saturated rings. The van der Waals surface area contributed by atoms with Crippen LogP contribution in [0.15, 0.2) is 33.4 Å². The van der Waals surface area contributed by atoms with Gasteiger partial charge in [-0.05, 0) is 0 Å². The highest BCUT2D eigenvalue weighted by Gasteiger charge is 2.48. The Morgan fingerprint density at radius 1 is 1.06 bits per heavy atom. The van der Waals surface area contributed by atoms with Gasteiger partial charge in [0.25, 0.3) is 5.56 Å². The van der Waals surface area contributed by atoms with E-state index in [0.29, 0.717) is 4.57 Å². The van der Waals surface area contributed by atoms with Gasteiger partial charge in [-0.3, -0.25) is 23.4 Å². The Morgan fingerprint density at radius 3 is 2.33 bits per heavy atom. The second kappa shape index (κ2) is 10.8. The number of nitrogens with zero attached hydrogens (tertiary/aromatic N) is 1. The molecule has 19 nitrogen and oxygen atoms in total. The minimum atomic E-state index is -5.61. The van der Waals surface area contributed by atoms with Crippen molar-refractivity contribution in [3.8, 4) is 0 Å². The monoisotopic (exact) mass is 564 g/mol. The number of H-pyrrole nitrogens is 1. The van der Waals surface area contributed by atoms with Gasteiger partial charge in [-0.15, -0.1) is 0 Å². The summed E-state index contributed by atoms with van der Waals surface area (Å²) in [5.74, 6) is -1.63. The number of phosphoric acid groups is 2. The van der Waals surface area contributed by atoms with E-state index in [2.05, 4.69) is 13.4 Å². The summed E-state index contributed by atoms with van der Waals surface area (Å²) < 4.78 is 47.8. The van der Waals surface area contributed by atoms with E-state index in [1.54, 1.807) is 0 Å². The molecule has 3 heterocycles. The van der Waals surface area contributed by atoms with Crippen molar-refractivity contribution in [2.45, 2.75) is 43.0 Å². The molecule has 0 saturated carbocycles. The largest absolute Gasteiger partial charge is 0.506 e. The molecule has 0 amide bonds. The number of nitrogens with one attached hydrogen (secondary N) is 1. The van der Waals surface area contributed by atoms with Crippen molar-refractivity contribution in [2.24, 2.45) is 0 Å². The number of hydrogen-bond donors (Lipinski definition) is 9. The molecule has 1 saturated heterocycles. The predicted molar refractivity (Wildman–Crippen MR) is 109 cm³/mol. The van der Waals surface area contributed by atoms with Gasteiger partial charge in [-0.25, -0.2) is 13.9 Å². The molecular formula is C15H22N2O17P2. The van der Waals surface area contributed by atoms with Crippen molar-refractivity contribution < 1.29 is 72.4 Å². The van der Waals surface area contributed by atoms with Crippen molar-refractivity contribution in [2.75, 3.05) is 13.2 Å². The smallest absolute Gasteiger partial charge is 0.483 e. The van der Waals surface area contributed by atoms with E-state index in [-0.39, 0.29) is 0 Å². The molecule has 0 aliphatic carbocycles. The van der Waals surface area contributed by atoms with E-state index in [1.807, 2.05) is 4.98 Å². The summed E-state index contributed by atoms with van der Waals surface area (Å²) in [4.78, 5) is 44.4. The first kappa shape index (κ1) is 28.6. The summed E-state index contributed by atoms with van der Waals surface area (Å²) in [7, 11) is -11.1. The number of hydrogen-bond acceptors (Lipinski definition) is 15. The van der Waals surface area contributed by atoms with Crippen LogP contribution in [0.25, 0.3) is 0 Å². The van der Waals surface area contributed by atoms with Crippen molar-refractivity contribution in [3.05, 3.63) is 44.6 Å². The summed E-state index contributed by atoms with van der Waals surface area (Å²) in [5.41, 5.74) is -1.79. The van der Waals surface area contributed by atoms with Crippen LogP contribution in [-0.4, -0.2) is 100 Å². The number of aromatic nitrogens is 2. The highest BCUT2D eigenvalue weighted by molar-refractivity contribution is 7.61. The maximum Gasteiger partial charge on any atom is 0.483 e. The third-order valence-corrected chi connectivity index (χ3v) is 7.46. The zero-order chi connectivity index (χ0) is 27.0. The molecule has 9 atom stereocenters. The van der Waals surface area contributed by atoms with Crippen molar-refractivity contribution in [1.82, 2.24) is 9.55 Å². The molecule has 204 valence electrons. The molecule has 2 aliphatic heterocycles. The molecule has 1 aromatic rings. The first-order valence-electron chi connectivity index (χ1n) is 9.74. The lowest BCUT2D eigenvalue weighted by molar-refractivity contribution is -0.280. The maximum absolute atomic E-state index is 12.1. The van der Waals surface area contributed by atoms with Gasteiger partial charge in [0.15, 0.2) is 23.9 Å².